The molecule has 6 heteroatoms. The van der Waals surface area contributed by atoms with Gasteiger partial charge in [0.15, 0.2) is 0 Å². The van der Waals surface area contributed by atoms with Crippen molar-refractivity contribution in [3.05, 3.63) is 26.6 Å². The molecule has 11 heavy (non-hydrogen) atoms. The van der Waals surface area contributed by atoms with Crippen LogP contribution in [0.5, 0.6) is 0 Å². The van der Waals surface area contributed by atoms with Gasteiger partial charge in [-0.15, -0.1) is 11.6 Å². The average molecular weight is 213 g/mol. The smallest absolute Gasteiger partial charge is 0.266 e. The summed E-state index contributed by atoms with van der Waals surface area (Å²) < 4.78 is 1.01. The average Bonchev–Trinajstić information content (AvgIpc) is 2.01. The van der Waals surface area contributed by atoms with E-state index in [-0.39, 0.29) is 16.0 Å². The number of halogens is 3. The van der Waals surface area contributed by atoms with E-state index >= 15 is 0 Å². The zero-order valence-corrected chi connectivity index (χ0v) is 7.49. The summed E-state index contributed by atoms with van der Waals surface area (Å²) in [6.07, 6.45) is 1.27. The second-order valence-electron chi connectivity index (χ2n) is 1.73. The minimum absolute atomic E-state index is 0.0320. The Morgan fingerprint density at radius 2 is 2.18 bits per heavy atom. The van der Waals surface area contributed by atoms with Gasteiger partial charge in [-0.25, -0.2) is 4.68 Å². The lowest BCUT2D eigenvalue weighted by Crippen LogP contribution is -2.21. The van der Waals surface area contributed by atoms with Crippen LogP contribution in [0.3, 0.4) is 0 Å². The molecule has 0 saturated carbocycles. The molecule has 0 spiro atoms. The van der Waals surface area contributed by atoms with Gasteiger partial charge in [0.05, 0.1) is 11.2 Å². The third-order valence-corrected chi connectivity index (χ3v) is 2.03. The fourth-order valence-corrected chi connectivity index (χ4v) is 0.971. The van der Waals surface area contributed by atoms with Gasteiger partial charge >= 0.3 is 0 Å². The van der Waals surface area contributed by atoms with Crippen molar-refractivity contribution in [1.29, 1.82) is 0 Å². The van der Waals surface area contributed by atoms with E-state index in [2.05, 4.69) is 5.10 Å². The maximum atomic E-state index is 11.0. The highest BCUT2D eigenvalue weighted by Gasteiger charge is 2.05. The first-order chi connectivity index (χ1) is 5.16. The van der Waals surface area contributed by atoms with Crippen LogP contribution in [0.15, 0.2) is 11.0 Å². The highest BCUT2D eigenvalue weighted by molar-refractivity contribution is 6.41. The predicted molar refractivity (Wildman–Crippen MR) is 44.4 cm³/mol. The Kier molecular flexibility index (Phi) is 2.76. The van der Waals surface area contributed by atoms with Crippen molar-refractivity contribution in [3.63, 3.8) is 0 Å². The molecular weight excluding hydrogens is 210 g/mol. The van der Waals surface area contributed by atoms with E-state index in [1.807, 2.05) is 0 Å². The van der Waals surface area contributed by atoms with Gasteiger partial charge in [0.1, 0.15) is 11.0 Å². The summed E-state index contributed by atoms with van der Waals surface area (Å²) in [7, 11) is 0. The Hall–Kier alpha value is -0.250. The topological polar surface area (TPSA) is 34.9 Å². The summed E-state index contributed by atoms with van der Waals surface area (Å²) >= 11 is 16.3. The Labute approximate surface area is 77.5 Å². The molecule has 3 nitrogen and oxygen atoms in total. The van der Waals surface area contributed by atoms with Crippen molar-refractivity contribution in [1.82, 2.24) is 9.78 Å². The normalized spacial score (nSPS) is 10.1. The molecule has 0 unspecified atom stereocenters. The van der Waals surface area contributed by atoms with Crippen LogP contribution in [-0.2, 0) is 6.00 Å². The molecule has 0 amide bonds. The molecule has 1 heterocycles. The van der Waals surface area contributed by atoms with Crippen LogP contribution in [0.1, 0.15) is 0 Å². The summed E-state index contributed by atoms with van der Waals surface area (Å²) in [4.78, 5) is 11.0. The highest BCUT2D eigenvalue weighted by Crippen LogP contribution is 2.14. The number of aromatic nitrogens is 2. The molecule has 0 radical (unpaired) electrons. The number of nitrogens with zero attached hydrogens (tertiary/aromatic N) is 2. The molecule has 0 bridgehead atoms. The lowest BCUT2D eigenvalue weighted by Gasteiger charge is -1.98. The van der Waals surface area contributed by atoms with Crippen LogP contribution < -0.4 is 5.56 Å². The quantitative estimate of drug-likeness (QED) is 0.666. The zero-order valence-electron chi connectivity index (χ0n) is 5.22. The van der Waals surface area contributed by atoms with Crippen molar-refractivity contribution < 1.29 is 0 Å². The summed E-state index contributed by atoms with van der Waals surface area (Å²) in [5, 5.41) is 3.70. The largest absolute Gasteiger partial charge is 0.288 e. The zero-order chi connectivity index (χ0) is 8.43. The van der Waals surface area contributed by atoms with Gasteiger partial charge in [0.2, 0.25) is 0 Å². The van der Waals surface area contributed by atoms with Crippen LogP contribution >= 0.6 is 34.8 Å². The molecule has 0 saturated heterocycles. The van der Waals surface area contributed by atoms with Crippen molar-refractivity contribution in [2.24, 2.45) is 0 Å². The molecule has 1 rings (SSSR count). The molecule has 1 aromatic rings. The number of rotatable bonds is 1. The van der Waals surface area contributed by atoms with Crippen molar-refractivity contribution >= 4 is 34.8 Å². The van der Waals surface area contributed by atoms with E-state index in [4.69, 9.17) is 34.8 Å². The molecule has 1 aromatic heterocycles. The highest BCUT2D eigenvalue weighted by atomic mass is 35.5. The third kappa shape index (κ3) is 1.67. The van der Waals surface area contributed by atoms with Gasteiger partial charge in [-0.3, -0.25) is 4.79 Å². The van der Waals surface area contributed by atoms with E-state index in [9.17, 15) is 4.79 Å². The fourth-order valence-electron chi connectivity index (χ4n) is 0.530. The predicted octanol–water partition coefficient (Wildman–Crippen LogP) is 1.75. The Morgan fingerprint density at radius 3 is 2.73 bits per heavy atom. The summed E-state index contributed by atoms with van der Waals surface area (Å²) in [5.41, 5.74) is -0.478. The van der Waals surface area contributed by atoms with E-state index in [0.29, 0.717) is 0 Å². The molecular formula is C5H3Cl3N2O. The van der Waals surface area contributed by atoms with Crippen molar-refractivity contribution in [2.45, 2.75) is 6.00 Å². The second kappa shape index (κ2) is 3.43. The van der Waals surface area contributed by atoms with Gasteiger partial charge in [0, 0.05) is 0 Å². The number of hydrogen-bond donors (Lipinski definition) is 0. The van der Waals surface area contributed by atoms with Crippen LogP contribution in [0.25, 0.3) is 0 Å². The van der Waals surface area contributed by atoms with Crippen LogP contribution in [0.4, 0.5) is 0 Å². The Bertz CT molecular complexity index is 322. The van der Waals surface area contributed by atoms with Crippen LogP contribution in [0, 0.1) is 0 Å². The molecule has 0 aliphatic carbocycles. The number of hydrogen-bond acceptors (Lipinski definition) is 2. The molecule has 0 aromatic carbocycles. The lowest BCUT2D eigenvalue weighted by atomic mass is 10.6. The van der Waals surface area contributed by atoms with Crippen molar-refractivity contribution in [3.8, 4) is 0 Å². The SMILES string of the molecule is O=c1c(Cl)c(Cl)cnn1CCl. The van der Waals surface area contributed by atoms with Crippen LogP contribution in [0.2, 0.25) is 10.0 Å². The summed E-state index contributed by atoms with van der Waals surface area (Å²) in [6.45, 7) is 0. The first-order valence-corrected chi connectivity index (χ1v) is 3.93. The molecule has 0 aliphatic heterocycles. The lowest BCUT2D eigenvalue weighted by molar-refractivity contribution is 0.687. The molecule has 60 valence electrons. The van der Waals surface area contributed by atoms with Crippen molar-refractivity contribution in [2.75, 3.05) is 0 Å². The maximum absolute atomic E-state index is 11.0. The molecule has 0 aliphatic rings. The third-order valence-electron chi connectivity index (χ3n) is 1.06. The van der Waals surface area contributed by atoms with Gasteiger partial charge in [-0.2, -0.15) is 5.10 Å². The second-order valence-corrected chi connectivity index (χ2v) is 2.75. The van der Waals surface area contributed by atoms with Gasteiger partial charge in [-0.05, 0) is 0 Å². The first-order valence-electron chi connectivity index (χ1n) is 2.64. The molecule has 0 atom stereocenters. The van der Waals surface area contributed by atoms with Gasteiger partial charge in [0.25, 0.3) is 5.56 Å². The van der Waals surface area contributed by atoms with E-state index in [1.165, 1.54) is 6.20 Å². The summed E-state index contributed by atoms with van der Waals surface area (Å²) in [6, 6.07) is -0.0320. The number of alkyl halides is 1. The molecule has 0 N–H and O–H groups in total. The first kappa shape index (κ1) is 8.84. The minimum Gasteiger partial charge on any atom is -0.266 e. The minimum atomic E-state index is -0.478. The summed E-state index contributed by atoms with van der Waals surface area (Å²) in [5.74, 6) is 0. The maximum Gasteiger partial charge on any atom is 0.288 e. The van der Waals surface area contributed by atoms with E-state index < -0.39 is 5.56 Å². The Balaban J connectivity index is 3.37. The van der Waals surface area contributed by atoms with E-state index in [1.54, 1.807) is 0 Å². The Morgan fingerprint density at radius 1 is 1.55 bits per heavy atom. The van der Waals surface area contributed by atoms with E-state index in [0.717, 1.165) is 4.68 Å². The fraction of sp³-hybridized carbons (Fsp3) is 0.200. The molecule has 0 fully saturated rings. The monoisotopic (exact) mass is 212 g/mol. The van der Waals surface area contributed by atoms with Gasteiger partial charge in [-0.1, -0.05) is 23.2 Å². The van der Waals surface area contributed by atoms with Gasteiger partial charge < -0.3 is 0 Å². The van der Waals surface area contributed by atoms with Crippen LogP contribution in [-0.4, -0.2) is 9.78 Å². The standard InChI is InChI=1S/C5H3Cl3N2O/c6-2-10-5(11)4(8)3(7)1-9-10/h1H,2H2.